The molecule has 0 atom stereocenters. The van der Waals surface area contributed by atoms with Crippen LogP contribution in [0.5, 0.6) is 0 Å². The molecule has 63 heavy (non-hydrogen) atoms. The van der Waals surface area contributed by atoms with Crippen LogP contribution in [-0.2, 0) is 16.2 Å². The number of nitrogens with zero attached hydrogens (tertiary/aromatic N) is 1. The van der Waals surface area contributed by atoms with Gasteiger partial charge in [0.2, 0.25) is 0 Å². The molecule has 5 aliphatic carbocycles. The van der Waals surface area contributed by atoms with E-state index in [0.717, 1.165) is 17.8 Å². The Morgan fingerprint density at radius 1 is 0.460 bits per heavy atom. The lowest BCUT2D eigenvalue weighted by Crippen LogP contribution is -2.48. The highest BCUT2D eigenvalue weighted by Gasteiger charge is 2.52. The summed E-state index contributed by atoms with van der Waals surface area (Å²) in [5.74, 6) is 2.72. The lowest BCUT2D eigenvalue weighted by molar-refractivity contribution is -0.00518. The summed E-state index contributed by atoms with van der Waals surface area (Å²) in [6.45, 7) is 9.33. The quantitative estimate of drug-likeness (QED) is 0.155. The minimum atomic E-state index is -0.506. The van der Waals surface area contributed by atoms with E-state index in [2.05, 4.69) is 215 Å². The molecule has 4 bridgehead atoms. The Hall–Kier alpha value is -6.18. The van der Waals surface area contributed by atoms with Crippen molar-refractivity contribution in [1.29, 1.82) is 0 Å². The van der Waals surface area contributed by atoms with Crippen molar-refractivity contribution in [2.45, 2.75) is 82.5 Å². The number of benzene rings is 8. The topological polar surface area (TPSA) is 3.24 Å². The number of fused-ring (bicyclic) bond motifs is 4. The first-order valence-corrected chi connectivity index (χ1v) is 23.6. The van der Waals surface area contributed by atoms with Crippen LogP contribution >= 0.6 is 0 Å². The van der Waals surface area contributed by atoms with Crippen LogP contribution in [0.1, 0.15) is 98.2 Å². The van der Waals surface area contributed by atoms with Crippen molar-refractivity contribution in [1.82, 2.24) is 0 Å². The molecule has 0 saturated heterocycles. The van der Waals surface area contributed by atoms with E-state index in [1.54, 1.807) is 5.56 Å². The highest BCUT2D eigenvalue weighted by atomic mass is 15.1. The fourth-order valence-electron chi connectivity index (χ4n) is 13.7. The standard InChI is InChI=1S/C62H57N/c1-41-16-15-25-56-59(41)53-31-30-51(37-57(53)62(56,48-19-7-5-8-20-48)49-21-9-6-10-22-49)63(50-28-26-47(27-29-50)61-38-42-32-43(39-61)34-44(33-42)40-61)58-36-46-18-12-11-17-45(46)35-54(58)52-23-13-14-24-55(52)60(2,3)4/h5-31,35-37,42-44H,32-34,38-40H2,1-4H3. The fraction of sp³-hybridized carbons (Fsp3) is 0.258. The molecule has 1 heteroatoms. The third-order valence-corrected chi connectivity index (χ3v) is 15.9. The molecule has 0 amide bonds. The van der Waals surface area contributed by atoms with Crippen molar-refractivity contribution in [3.05, 3.63) is 221 Å². The van der Waals surface area contributed by atoms with E-state index in [9.17, 15) is 0 Å². The first kappa shape index (κ1) is 38.5. The second-order valence-electron chi connectivity index (χ2n) is 20.8. The van der Waals surface area contributed by atoms with Gasteiger partial charge in [-0.1, -0.05) is 166 Å². The summed E-state index contributed by atoms with van der Waals surface area (Å²) in [6.07, 6.45) is 8.48. The second-order valence-corrected chi connectivity index (χ2v) is 20.8. The molecule has 13 rings (SSSR count). The molecule has 0 N–H and O–H groups in total. The summed E-state index contributed by atoms with van der Waals surface area (Å²) in [5.41, 5.74) is 18.0. The van der Waals surface area contributed by atoms with Crippen LogP contribution in [0.15, 0.2) is 182 Å². The summed E-state index contributed by atoms with van der Waals surface area (Å²) in [4.78, 5) is 2.60. The van der Waals surface area contributed by atoms with Gasteiger partial charge in [-0.2, -0.15) is 0 Å². The summed E-state index contributed by atoms with van der Waals surface area (Å²) in [7, 11) is 0. The molecular weight excluding hydrogens is 759 g/mol. The predicted octanol–water partition coefficient (Wildman–Crippen LogP) is 16.4. The Kier molecular flexibility index (Phi) is 8.82. The van der Waals surface area contributed by atoms with Crippen molar-refractivity contribution in [3.8, 4) is 22.3 Å². The van der Waals surface area contributed by atoms with E-state index in [0.29, 0.717) is 5.41 Å². The first-order valence-electron chi connectivity index (χ1n) is 23.6. The number of rotatable bonds is 7. The van der Waals surface area contributed by atoms with Gasteiger partial charge >= 0.3 is 0 Å². The number of hydrogen-bond acceptors (Lipinski definition) is 1. The van der Waals surface area contributed by atoms with Gasteiger partial charge in [-0.05, 0) is 177 Å². The third-order valence-electron chi connectivity index (χ3n) is 15.9. The molecule has 5 aliphatic rings. The van der Waals surface area contributed by atoms with Crippen LogP contribution in [-0.4, -0.2) is 0 Å². The average Bonchev–Trinajstić information content (AvgIpc) is 3.60. The van der Waals surface area contributed by atoms with E-state index < -0.39 is 5.41 Å². The Bertz CT molecular complexity index is 2950. The average molecular weight is 816 g/mol. The van der Waals surface area contributed by atoms with Crippen molar-refractivity contribution in [2.24, 2.45) is 17.8 Å². The highest BCUT2D eigenvalue weighted by molar-refractivity contribution is 6.00. The van der Waals surface area contributed by atoms with E-state index in [-0.39, 0.29) is 5.41 Å². The van der Waals surface area contributed by atoms with Crippen molar-refractivity contribution in [3.63, 3.8) is 0 Å². The lowest BCUT2D eigenvalue weighted by Gasteiger charge is -2.57. The molecule has 0 spiro atoms. The molecule has 4 saturated carbocycles. The summed E-state index contributed by atoms with van der Waals surface area (Å²) < 4.78 is 0. The van der Waals surface area contributed by atoms with Gasteiger partial charge in [0, 0.05) is 16.9 Å². The van der Waals surface area contributed by atoms with Crippen molar-refractivity contribution < 1.29 is 0 Å². The van der Waals surface area contributed by atoms with Crippen LogP contribution in [0, 0.1) is 24.7 Å². The van der Waals surface area contributed by atoms with Gasteiger partial charge in [0.15, 0.2) is 0 Å². The molecule has 8 aromatic carbocycles. The number of anilines is 3. The SMILES string of the molecule is Cc1cccc2c1-c1ccc(N(c3ccc(C45CC6CC(CC(C6)C4)C5)cc3)c3cc4ccccc4cc3-c3ccccc3C(C)(C)C)cc1C2(c1ccccc1)c1ccccc1. The normalized spacial score (nSPS) is 21.6. The van der Waals surface area contributed by atoms with Gasteiger partial charge in [-0.25, -0.2) is 0 Å². The lowest BCUT2D eigenvalue weighted by atomic mass is 9.48. The Morgan fingerprint density at radius 2 is 1.03 bits per heavy atom. The zero-order valence-electron chi connectivity index (χ0n) is 37.2. The minimum Gasteiger partial charge on any atom is -0.310 e. The van der Waals surface area contributed by atoms with Crippen molar-refractivity contribution >= 4 is 27.8 Å². The van der Waals surface area contributed by atoms with Gasteiger partial charge in [0.1, 0.15) is 0 Å². The van der Waals surface area contributed by atoms with Gasteiger partial charge in [-0.3, -0.25) is 0 Å². The zero-order chi connectivity index (χ0) is 42.5. The van der Waals surface area contributed by atoms with Crippen LogP contribution < -0.4 is 4.90 Å². The first-order chi connectivity index (χ1) is 30.7. The molecular formula is C62H57N. The predicted molar refractivity (Wildman–Crippen MR) is 265 cm³/mol. The van der Waals surface area contributed by atoms with Crippen LogP contribution in [0.3, 0.4) is 0 Å². The Balaban J connectivity index is 1.13. The van der Waals surface area contributed by atoms with Crippen molar-refractivity contribution in [2.75, 3.05) is 4.90 Å². The monoisotopic (exact) mass is 815 g/mol. The summed E-state index contributed by atoms with van der Waals surface area (Å²) >= 11 is 0. The zero-order valence-corrected chi connectivity index (χ0v) is 37.2. The van der Waals surface area contributed by atoms with Crippen LogP contribution in [0.2, 0.25) is 0 Å². The molecule has 0 aliphatic heterocycles. The maximum Gasteiger partial charge on any atom is 0.0714 e. The van der Waals surface area contributed by atoms with E-state index in [1.165, 1.54) is 122 Å². The summed E-state index contributed by atoms with van der Waals surface area (Å²) in [6, 6.07) is 69.8. The van der Waals surface area contributed by atoms with E-state index in [1.807, 2.05) is 0 Å². The molecule has 0 unspecified atom stereocenters. The largest absolute Gasteiger partial charge is 0.310 e. The second kappa shape index (κ2) is 14.4. The Morgan fingerprint density at radius 3 is 1.67 bits per heavy atom. The van der Waals surface area contributed by atoms with Gasteiger partial charge in [-0.15, -0.1) is 0 Å². The molecule has 0 aromatic heterocycles. The molecule has 310 valence electrons. The maximum atomic E-state index is 2.60. The van der Waals surface area contributed by atoms with E-state index in [4.69, 9.17) is 0 Å². The van der Waals surface area contributed by atoms with Gasteiger partial charge in [0.05, 0.1) is 11.1 Å². The number of hydrogen-bond donors (Lipinski definition) is 0. The fourth-order valence-corrected chi connectivity index (χ4v) is 13.7. The molecule has 1 nitrogen and oxygen atoms in total. The van der Waals surface area contributed by atoms with Crippen LogP contribution in [0.25, 0.3) is 33.0 Å². The summed E-state index contributed by atoms with van der Waals surface area (Å²) in [5, 5.41) is 2.50. The van der Waals surface area contributed by atoms with Gasteiger partial charge in [0.25, 0.3) is 0 Å². The van der Waals surface area contributed by atoms with Crippen LogP contribution in [0.4, 0.5) is 17.1 Å². The Labute approximate surface area is 374 Å². The highest BCUT2D eigenvalue weighted by Crippen LogP contribution is 2.62. The number of aryl methyl sites for hydroxylation is 1. The molecule has 0 radical (unpaired) electrons. The maximum absolute atomic E-state index is 2.60. The molecule has 0 heterocycles. The smallest absolute Gasteiger partial charge is 0.0714 e. The van der Waals surface area contributed by atoms with E-state index >= 15 is 0 Å². The molecule has 4 fully saturated rings. The molecule has 8 aromatic rings. The third kappa shape index (κ3) is 6.02. The minimum absolute atomic E-state index is 0.0496. The van der Waals surface area contributed by atoms with Gasteiger partial charge < -0.3 is 4.90 Å².